The number of nitriles is 1. The van der Waals surface area contributed by atoms with Crippen molar-refractivity contribution in [2.24, 2.45) is 0 Å². The van der Waals surface area contributed by atoms with Crippen LogP contribution in [0.2, 0.25) is 0 Å². The molecular weight excluding hydrogens is 174 g/mol. The van der Waals surface area contributed by atoms with Crippen LogP contribution in [0.25, 0.3) is 9.40 Å². The summed E-state index contributed by atoms with van der Waals surface area (Å²) >= 11 is 4.96. The first-order chi connectivity index (χ1) is 5.27. The molecule has 0 aliphatic heterocycles. The summed E-state index contributed by atoms with van der Waals surface area (Å²) in [5.41, 5.74) is 1.42. The van der Waals surface area contributed by atoms with Crippen LogP contribution in [-0.4, -0.2) is 0 Å². The molecule has 2 aromatic heterocycles. The van der Waals surface area contributed by atoms with E-state index < -0.39 is 0 Å². The van der Waals surface area contributed by atoms with Crippen LogP contribution in [0.15, 0.2) is 18.2 Å². The van der Waals surface area contributed by atoms with Crippen LogP contribution < -0.4 is 0 Å². The summed E-state index contributed by atoms with van der Waals surface area (Å²) in [5, 5.41) is 8.63. The van der Waals surface area contributed by atoms with Crippen LogP contribution in [0, 0.1) is 17.6 Å². The number of thiol groups is 1. The van der Waals surface area contributed by atoms with Crippen LogP contribution in [0.5, 0.6) is 0 Å². The molecule has 3 heteroatoms. The maximum absolute atomic E-state index is 7.18. The minimum absolute atomic E-state index is 1.40. The van der Waals surface area contributed by atoms with E-state index in [2.05, 4.69) is 37.8 Å². The molecule has 0 fully saturated rings. The predicted molar refractivity (Wildman–Crippen MR) is 52.3 cm³/mol. The van der Waals surface area contributed by atoms with Gasteiger partial charge in [-0.3, -0.25) is 0 Å². The van der Waals surface area contributed by atoms with E-state index in [9.17, 15) is 0 Å². The average Bonchev–Trinajstić information content (AvgIpc) is 2.48. The fourth-order valence-electron chi connectivity index (χ4n) is 0.927. The van der Waals surface area contributed by atoms with Crippen LogP contribution in [0.1, 0.15) is 5.56 Å². The third-order valence-corrected chi connectivity index (χ3v) is 2.54. The Kier molecular flexibility index (Phi) is 2.75. The van der Waals surface area contributed by atoms with E-state index in [1.54, 1.807) is 0 Å². The second-order valence-corrected chi connectivity index (χ2v) is 3.44. The van der Waals surface area contributed by atoms with Gasteiger partial charge in [-0.05, 0) is 30.7 Å². The molecule has 2 rings (SSSR count). The molecule has 56 valence electrons. The quantitative estimate of drug-likeness (QED) is 0.490. The Morgan fingerprint density at radius 3 is 2.36 bits per heavy atom. The highest BCUT2D eigenvalue weighted by Gasteiger charge is 1.97. The molecule has 2 heterocycles. The third-order valence-electron chi connectivity index (χ3n) is 1.37. The van der Waals surface area contributed by atoms with Gasteiger partial charge >= 0.3 is 0 Å². The number of rotatable bonds is 0. The van der Waals surface area contributed by atoms with E-state index in [-0.39, 0.29) is 0 Å². The second kappa shape index (κ2) is 3.61. The fourth-order valence-corrected chi connectivity index (χ4v) is 1.91. The Hall–Kier alpha value is -0.720. The lowest BCUT2D eigenvalue weighted by atomic mass is 10.2. The van der Waals surface area contributed by atoms with Gasteiger partial charge < -0.3 is 0 Å². The summed E-state index contributed by atoms with van der Waals surface area (Å²) in [6.07, 6.45) is 0. The third kappa shape index (κ3) is 1.86. The highest BCUT2D eigenvalue weighted by Crippen LogP contribution is 2.27. The normalized spacial score (nSPS) is 8.82. The smallest absolute Gasteiger partial charge is 0.130 e. The van der Waals surface area contributed by atoms with Crippen molar-refractivity contribution in [1.82, 2.24) is 0 Å². The van der Waals surface area contributed by atoms with E-state index in [4.69, 9.17) is 5.26 Å². The van der Waals surface area contributed by atoms with E-state index in [1.807, 2.05) is 11.3 Å². The molecule has 0 aromatic carbocycles. The van der Waals surface area contributed by atoms with Gasteiger partial charge in [0.25, 0.3) is 0 Å². The van der Waals surface area contributed by atoms with Crippen LogP contribution in [0.3, 0.4) is 0 Å². The van der Waals surface area contributed by atoms with E-state index in [0.29, 0.717) is 0 Å². The molecule has 0 saturated carbocycles. The zero-order chi connectivity index (χ0) is 8.27. The largest absolute Gasteiger partial charge is 0.185 e. The fraction of sp³-hybridized carbons (Fsp3) is 0.125. The molecule has 0 spiro atoms. The van der Waals surface area contributed by atoms with Crippen molar-refractivity contribution < 1.29 is 0 Å². The summed E-state index contributed by atoms with van der Waals surface area (Å²) in [5.74, 6) is 0. The van der Waals surface area contributed by atoms with Gasteiger partial charge in [-0.25, -0.2) is 0 Å². The van der Waals surface area contributed by atoms with E-state index in [1.165, 1.54) is 20.4 Å². The number of thiocyanates is 1. The van der Waals surface area contributed by atoms with Crippen molar-refractivity contribution >= 4 is 33.4 Å². The van der Waals surface area contributed by atoms with Gasteiger partial charge in [0, 0.05) is 9.40 Å². The van der Waals surface area contributed by atoms with Crippen molar-refractivity contribution in [2.75, 3.05) is 0 Å². The molecule has 1 nitrogen and oxygen atoms in total. The zero-order valence-electron chi connectivity index (χ0n) is 6.03. The molecule has 0 saturated heterocycles. The van der Waals surface area contributed by atoms with Gasteiger partial charge in [-0.15, -0.1) is 11.3 Å². The molecule has 0 N–H and O–H groups in total. The summed E-state index contributed by atoms with van der Waals surface area (Å²) in [6.45, 7) is 2.15. The highest BCUT2D eigenvalue weighted by atomic mass is 32.1. The van der Waals surface area contributed by atoms with Crippen LogP contribution in [0.4, 0.5) is 0 Å². The predicted octanol–water partition coefficient (Wildman–Crippen LogP) is 3.04. The van der Waals surface area contributed by atoms with Gasteiger partial charge in [0.05, 0.1) is 0 Å². The van der Waals surface area contributed by atoms with Crippen molar-refractivity contribution in [3.8, 4) is 5.40 Å². The van der Waals surface area contributed by atoms with Gasteiger partial charge in [0.2, 0.25) is 0 Å². The minimum atomic E-state index is 1.40. The number of benzene rings is 1. The van der Waals surface area contributed by atoms with Crippen molar-refractivity contribution in [1.29, 1.82) is 5.26 Å². The molecule has 2 bridgehead atoms. The highest BCUT2D eigenvalue weighted by molar-refractivity contribution is 7.85. The van der Waals surface area contributed by atoms with E-state index in [0.717, 1.165) is 0 Å². The lowest BCUT2D eigenvalue weighted by molar-refractivity contribution is 1.57. The summed E-state index contributed by atoms with van der Waals surface area (Å²) in [6, 6.07) is 6.56. The maximum atomic E-state index is 7.18. The Morgan fingerprint density at radius 1 is 1.55 bits per heavy atom. The SMILES string of the molecule is Cc1cc2ccc1s2.N#CS. The maximum Gasteiger partial charge on any atom is 0.130 e. The number of hydrogen-bond donors (Lipinski definition) is 1. The molecule has 0 unspecified atom stereocenters. The molecule has 2 aromatic rings. The van der Waals surface area contributed by atoms with Crippen molar-refractivity contribution in [3.63, 3.8) is 0 Å². The Morgan fingerprint density at radius 2 is 2.18 bits per heavy atom. The summed E-state index contributed by atoms with van der Waals surface area (Å²) in [4.78, 5) is 0. The monoisotopic (exact) mass is 181 g/mol. The summed E-state index contributed by atoms with van der Waals surface area (Å²) in [7, 11) is 0. The molecule has 0 aliphatic carbocycles. The van der Waals surface area contributed by atoms with Gasteiger partial charge in [0.15, 0.2) is 0 Å². The lowest BCUT2D eigenvalue weighted by Crippen LogP contribution is -1.59. The van der Waals surface area contributed by atoms with Crippen molar-refractivity contribution in [2.45, 2.75) is 6.92 Å². The molecular formula is C8H7NS2. The molecule has 0 atom stereocenters. The van der Waals surface area contributed by atoms with Gasteiger partial charge in [0.1, 0.15) is 5.40 Å². The van der Waals surface area contributed by atoms with Crippen molar-refractivity contribution in [3.05, 3.63) is 23.8 Å². The van der Waals surface area contributed by atoms with Crippen LogP contribution in [-0.2, 0) is 0 Å². The van der Waals surface area contributed by atoms with Crippen LogP contribution >= 0.6 is 24.0 Å². The first kappa shape index (κ1) is 8.38. The average molecular weight is 181 g/mol. The van der Waals surface area contributed by atoms with Gasteiger partial charge in [-0.1, -0.05) is 12.6 Å². The topological polar surface area (TPSA) is 23.8 Å². The second-order valence-electron chi connectivity index (χ2n) is 2.13. The van der Waals surface area contributed by atoms with Gasteiger partial charge in [-0.2, -0.15) is 5.26 Å². The van der Waals surface area contributed by atoms with E-state index >= 15 is 0 Å². The number of hydrogen-bond acceptors (Lipinski definition) is 3. The number of nitrogens with zero attached hydrogens (tertiary/aromatic N) is 1. The molecule has 0 amide bonds. The lowest BCUT2D eigenvalue weighted by Gasteiger charge is -1.79. The zero-order valence-corrected chi connectivity index (χ0v) is 7.75. The number of thiophene rings is 2. The Bertz CT molecular complexity index is 358. The first-order valence-electron chi connectivity index (χ1n) is 3.09. The molecule has 11 heavy (non-hydrogen) atoms. The minimum Gasteiger partial charge on any atom is -0.185 e. The number of fused-ring (bicyclic) bond motifs is 2. The first-order valence-corrected chi connectivity index (χ1v) is 4.36. The summed E-state index contributed by atoms with van der Waals surface area (Å²) < 4.78 is 2.83. The number of aryl methyl sites for hydroxylation is 1. The Balaban J connectivity index is 0.000000179. The Labute approximate surface area is 75.0 Å². The standard InChI is InChI=1S/C7H6S.CHNS/c1-5-4-6-2-3-7(5)8-6;2-1-3/h2-4H,1H3;3H. The molecule has 0 radical (unpaired) electrons. The molecule has 0 aliphatic rings.